The van der Waals surface area contributed by atoms with Gasteiger partial charge in [0.25, 0.3) is 0 Å². The molecule has 0 spiro atoms. The van der Waals surface area contributed by atoms with Crippen LogP contribution in [0.4, 0.5) is 16.3 Å². The first kappa shape index (κ1) is 30.0. The van der Waals surface area contributed by atoms with Crippen molar-refractivity contribution in [2.45, 2.75) is 104 Å². The van der Waals surface area contributed by atoms with Gasteiger partial charge in [-0.15, -0.1) is 0 Å². The van der Waals surface area contributed by atoms with E-state index in [1.807, 2.05) is 25.7 Å². The summed E-state index contributed by atoms with van der Waals surface area (Å²) in [4.78, 5) is 32.1. The van der Waals surface area contributed by atoms with Crippen molar-refractivity contribution in [2.24, 2.45) is 5.41 Å². The van der Waals surface area contributed by atoms with E-state index in [1.165, 1.54) is 12.3 Å². The highest BCUT2D eigenvalue weighted by atomic mass is 28.2. The monoisotopic (exact) mass is 520 g/mol. The first-order valence-electron chi connectivity index (χ1n) is 12.7. The van der Waals surface area contributed by atoms with Gasteiger partial charge in [0.1, 0.15) is 5.60 Å². The number of rotatable bonds is 8. The summed E-state index contributed by atoms with van der Waals surface area (Å²) in [5.41, 5.74) is -0.708. The third kappa shape index (κ3) is 7.41. The van der Waals surface area contributed by atoms with Crippen LogP contribution < -0.4 is 4.90 Å². The molecule has 202 valence electrons. The Balaban J connectivity index is 2.36. The highest BCUT2D eigenvalue weighted by molar-refractivity contribution is 6.31. The highest BCUT2D eigenvalue weighted by Gasteiger charge is 2.46. The minimum absolute atomic E-state index is 0.00875. The number of piperazine rings is 1. The zero-order chi connectivity index (χ0) is 27.5. The van der Waals surface area contributed by atoms with Gasteiger partial charge < -0.3 is 24.2 Å². The molecule has 1 saturated heterocycles. The smallest absolute Gasteiger partial charge is 0.410 e. The molecule has 0 saturated carbocycles. The average molecular weight is 521 g/mol. The Bertz CT molecular complexity index is 910. The SMILES string of the molecule is CCCC(C)(OC(=O)N1CCN(c2ccc([N+](=O)[O-])nc2)C[C@@H]1C(C)(C)O[Si]C(C)(C)C)C(C)(C)C. The first-order valence-corrected chi connectivity index (χ1v) is 13.6. The van der Waals surface area contributed by atoms with Gasteiger partial charge in [-0.3, -0.25) is 4.90 Å². The van der Waals surface area contributed by atoms with Crippen molar-refractivity contribution in [1.29, 1.82) is 0 Å². The Morgan fingerprint density at radius 3 is 2.25 bits per heavy atom. The van der Waals surface area contributed by atoms with Crippen LogP contribution in [-0.2, 0) is 9.16 Å². The molecule has 36 heavy (non-hydrogen) atoms. The Labute approximate surface area is 219 Å². The summed E-state index contributed by atoms with van der Waals surface area (Å²) in [6.45, 7) is 22.3. The van der Waals surface area contributed by atoms with Crippen LogP contribution in [0.5, 0.6) is 0 Å². The van der Waals surface area contributed by atoms with Crippen molar-refractivity contribution in [3.8, 4) is 0 Å². The van der Waals surface area contributed by atoms with Crippen LogP contribution in [0.2, 0.25) is 5.04 Å². The molecule has 2 radical (unpaired) electrons. The van der Waals surface area contributed by atoms with E-state index in [1.54, 1.807) is 6.07 Å². The van der Waals surface area contributed by atoms with Gasteiger partial charge in [-0.25, -0.2) is 4.79 Å². The van der Waals surface area contributed by atoms with E-state index >= 15 is 0 Å². The summed E-state index contributed by atoms with van der Waals surface area (Å²) in [6, 6.07) is 2.82. The maximum Gasteiger partial charge on any atom is 0.410 e. The van der Waals surface area contributed by atoms with Crippen molar-refractivity contribution < 1.29 is 18.9 Å². The molecule has 1 aliphatic heterocycles. The molecule has 1 fully saturated rings. The number of amides is 1. The highest BCUT2D eigenvalue weighted by Crippen LogP contribution is 2.39. The van der Waals surface area contributed by atoms with Gasteiger partial charge in [-0.2, -0.15) is 0 Å². The van der Waals surface area contributed by atoms with Gasteiger partial charge in [-0.1, -0.05) is 54.9 Å². The fraction of sp³-hybridized carbons (Fsp3) is 0.769. The number of ether oxygens (including phenoxy) is 1. The Morgan fingerprint density at radius 1 is 1.14 bits per heavy atom. The number of aromatic nitrogens is 1. The molecule has 1 aromatic heterocycles. The maximum absolute atomic E-state index is 13.7. The van der Waals surface area contributed by atoms with Gasteiger partial charge in [0.2, 0.25) is 9.76 Å². The summed E-state index contributed by atoms with van der Waals surface area (Å²) in [7, 11) is 0.251. The summed E-state index contributed by atoms with van der Waals surface area (Å²) >= 11 is 0. The Hall–Kier alpha value is -2.20. The van der Waals surface area contributed by atoms with E-state index in [-0.39, 0.29) is 38.2 Å². The van der Waals surface area contributed by atoms with Crippen LogP contribution in [0.3, 0.4) is 0 Å². The van der Waals surface area contributed by atoms with Gasteiger partial charge in [-0.05, 0) is 48.2 Å². The predicted octanol–water partition coefficient (Wildman–Crippen LogP) is 5.85. The predicted molar refractivity (Wildman–Crippen MR) is 143 cm³/mol. The van der Waals surface area contributed by atoms with Gasteiger partial charge in [0.15, 0.2) is 6.20 Å². The summed E-state index contributed by atoms with van der Waals surface area (Å²) in [5, 5.41) is 11.0. The lowest BCUT2D eigenvalue weighted by Gasteiger charge is -2.50. The maximum atomic E-state index is 13.7. The normalized spacial score (nSPS) is 19.1. The zero-order valence-electron chi connectivity index (χ0n) is 23.7. The number of hydrogen-bond acceptors (Lipinski definition) is 7. The molecule has 0 aliphatic carbocycles. The van der Waals surface area contributed by atoms with Crippen molar-refractivity contribution in [3.05, 3.63) is 28.4 Å². The number of carbonyl (C=O) groups is 1. The van der Waals surface area contributed by atoms with Crippen molar-refractivity contribution in [3.63, 3.8) is 0 Å². The molecule has 1 unspecified atom stereocenters. The van der Waals surface area contributed by atoms with Crippen LogP contribution in [0.15, 0.2) is 18.3 Å². The third-order valence-corrected chi connectivity index (χ3v) is 8.19. The van der Waals surface area contributed by atoms with Crippen LogP contribution in [0.1, 0.15) is 82.1 Å². The molecular weight excluding hydrogens is 476 g/mol. The number of nitro groups is 1. The van der Waals surface area contributed by atoms with E-state index in [0.717, 1.165) is 18.5 Å². The van der Waals surface area contributed by atoms with E-state index in [9.17, 15) is 14.9 Å². The second-order valence-electron chi connectivity index (χ2n) is 12.4. The van der Waals surface area contributed by atoms with Crippen LogP contribution in [-0.4, -0.2) is 67.5 Å². The van der Waals surface area contributed by atoms with Gasteiger partial charge >= 0.3 is 11.9 Å². The number of anilines is 1. The molecular formula is C26H44N4O5Si. The molecule has 2 rings (SSSR count). The quantitative estimate of drug-likeness (QED) is 0.241. The van der Waals surface area contributed by atoms with Crippen molar-refractivity contribution in [2.75, 3.05) is 24.5 Å². The third-order valence-electron chi connectivity index (χ3n) is 6.95. The largest absolute Gasteiger partial charge is 0.443 e. The molecule has 2 atom stereocenters. The lowest BCUT2D eigenvalue weighted by molar-refractivity contribution is -0.389. The van der Waals surface area contributed by atoms with Crippen LogP contribution in [0, 0.1) is 15.5 Å². The molecule has 2 heterocycles. The minimum Gasteiger partial charge on any atom is -0.443 e. The molecule has 10 heteroatoms. The lowest BCUT2D eigenvalue weighted by atomic mass is 9.75. The van der Waals surface area contributed by atoms with E-state index in [2.05, 4.69) is 58.4 Å². The summed E-state index contributed by atoms with van der Waals surface area (Å²) in [6.07, 6.45) is 2.87. The minimum atomic E-state index is -0.652. The van der Waals surface area contributed by atoms with Gasteiger partial charge in [0, 0.05) is 31.1 Å². The average Bonchev–Trinajstić information content (AvgIpc) is 2.76. The molecule has 0 aromatic carbocycles. The number of carbonyl (C=O) groups excluding carboxylic acids is 1. The fourth-order valence-corrected chi connectivity index (χ4v) is 4.87. The van der Waals surface area contributed by atoms with Crippen molar-refractivity contribution in [1.82, 2.24) is 9.88 Å². The van der Waals surface area contributed by atoms with E-state index in [0.29, 0.717) is 19.6 Å². The van der Waals surface area contributed by atoms with Crippen molar-refractivity contribution >= 4 is 27.4 Å². The van der Waals surface area contributed by atoms with E-state index < -0.39 is 16.1 Å². The summed E-state index contributed by atoms with van der Waals surface area (Å²) in [5.74, 6) is -0.190. The van der Waals surface area contributed by atoms with Gasteiger partial charge in [0.05, 0.1) is 17.3 Å². The molecule has 1 amide bonds. The summed E-state index contributed by atoms with van der Waals surface area (Å²) < 4.78 is 12.7. The molecule has 9 nitrogen and oxygen atoms in total. The number of hydrogen-bond donors (Lipinski definition) is 0. The Morgan fingerprint density at radius 2 is 1.78 bits per heavy atom. The first-order chi connectivity index (χ1) is 16.4. The molecule has 0 bridgehead atoms. The topological polar surface area (TPSA) is 98.0 Å². The Kier molecular flexibility index (Phi) is 9.21. The molecule has 1 aliphatic rings. The standard InChI is InChI=1S/C26H44N4O5Si/c1-11-14-26(10,23(2,3)4)34-22(31)29-16-15-28(19-12-13-21(27-17-19)30(32)33)18-20(29)25(8,9)35-36-24(5,6)7/h12-13,17,20H,11,14-16,18H2,1-10H3/t20-,26?/m1/s1. The van der Waals surface area contributed by atoms with E-state index in [4.69, 9.17) is 9.16 Å². The fourth-order valence-electron chi connectivity index (χ4n) is 4.16. The molecule has 0 N–H and O–H groups in total. The zero-order valence-corrected chi connectivity index (χ0v) is 24.7. The van der Waals surface area contributed by atoms with Crippen LogP contribution in [0.25, 0.3) is 0 Å². The van der Waals surface area contributed by atoms with Crippen LogP contribution >= 0.6 is 0 Å². The lowest BCUT2D eigenvalue weighted by Crippen LogP contribution is -2.64. The second kappa shape index (κ2) is 11.0. The number of pyridine rings is 1. The number of nitrogens with zero attached hydrogens (tertiary/aromatic N) is 4. The second-order valence-corrected chi connectivity index (χ2v) is 14.4. The molecule has 1 aromatic rings.